The highest BCUT2D eigenvalue weighted by Gasteiger charge is 2.10. The van der Waals surface area contributed by atoms with Crippen molar-refractivity contribution in [1.29, 1.82) is 0 Å². The van der Waals surface area contributed by atoms with Crippen LogP contribution in [0.25, 0.3) is 10.9 Å². The molecule has 0 aliphatic carbocycles. The Morgan fingerprint density at radius 1 is 1.24 bits per heavy atom. The number of ether oxygens (including phenoxy) is 1. The Morgan fingerprint density at radius 2 is 1.94 bits per heavy atom. The van der Waals surface area contributed by atoms with Crippen LogP contribution in [0.5, 0.6) is 5.75 Å². The van der Waals surface area contributed by atoms with Crippen LogP contribution in [0.2, 0.25) is 5.02 Å². The first-order valence-corrected chi connectivity index (χ1v) is 6.05. The zero-order chi connectivity index (χ0) is 12.6. The molecular weight excluding hydrogens is 234 g/mol. The molecule has 0 spiro atoms. The predicted molar refractivity (Wildman–Crippen MR) is 72.1 cm³/mol. The summed E-state index contributed by atoms with van der Waals surface area (Å²) in [7, 11) is 1.66. The van der Waals surface area contributed by atoms with E-state index in [1.54, 1.807) is 7.11 Å². The monoisotopic (exact) mass is 249 g/mol. The molecule has 1 heterocycles. The van der Waals surface area contributed by atoms with Crippen LogP contribution in [0.1, 0.15) is 31.0 Å². The third-order valence-electron chi connectivity index (χ3n) is 2.87. The molecule has 2 rings (SSSR count). The third kappa shape index (κ3) is 2.22. The van der Waals surface area contributed by atoms with E-state index in [0.717, 1.165) is 32.9 Å². The molecule has 0 atom stereocenters. The number of hydrogen-bond acceptors (Lipinski definition) is 2. The van der Waals surface area contributed by atoms with E-state index in [1.807, 2.05) is 25.1 Å². The van der Waals surface area contributed by atoms with Gasteiger partial charge in [0.05, 0.1) is 17.6 Å². The van der Waals surface area contributed by atoms with Gasteiger partial charge >= 0.3 is 0 Å². The summed E-state index contributed by atoms with van der Waals surface area (Å²) in [4.78, 5) is 4.67. The highest BCUT2D eigenvalue weighted by atomic mass is 35.5. The number of halogens is 1. The minimum absolute atomic E-state index is 0.374. The van der Waals surface area contributed by atoms with E-state index >= 15 is 0 Å². The van der Waals surface area contributed by atoms with Crippen molar-refractivity contribution in [2.75, 3.05) is 7.11 Å². The van der Waals surface area contributed by atoms with Gasteiger partial charge < -0.3 is 4.74 Å². The van der Waals surface area contributed by atoms with Gasteiger partial charge in [0.2, 0.25) is 0 Å². The predicted octanol–water partition coefficient (Wildman–Crippen LogP) is 4.33. The third-order valence-corrected chi connectivity index (χ3v) is 3.19. The Morgan fingerprint density at radius 3 is 2.53 bits per heavy atom. The molecule has 2 aromatic rings. The molecule has 1 aromatic carbocycles. The van der Waals surface area contributed by atoms with Crippen LogP contribution in [-0.2, 0) is 0 Å². The van der Waals surface area contributed by atoms with Gasteiger partial charge in [-0.2, -0.15) is 0 Å². The van der Waals surface area contributed by atoms with E-state index < -0.39 is 0 Å². The highest BCUT2D eigenvalue weighted by Crippen LogP contribution is 2.31. The van der Waals surface area contributed by atoms with E-state index in [0.29, 0.717) is 5.92 Å². The normalized spacial score (nSPS) is 11.2. The van der Waals surface area contributed by atoms with Crippen molar-refractivity contribution >= 4 is 22.5 Å². The van der Waals surface area contributed by atoms with Gasteiger partial charge in [-0.05, 0) is 36.6 Å². The quantitative estimate of drug-likeness (QED) is 0.790. The lowest BCUT2D eigenvalue weighted by Gasteiger charge is -2.11. The fourth-order valence-corrected chi connectivity index (χ4v) is 2.12. The van der Waals surface area contributed by atoms with E-state index in [1.165, 1.54) is 0 Å². The van der Waals surface area contributed by atoms with Crippen molar-refractivity contribution in [2.45, 2.75) is 26.7 Å². The molecule has 0 unspecified atom stereocenters. The lowest BCUT2D eigenvalue weighted by atomic mass is 10.1. The second-order valence-corrected chi connectivity index (χ2v) is 4.93. The number of fused-ring (bicyclic) bond motifs is 1. The van der Waals surface area contributed by atoms with Crippen LogP contribution in [0.3, 0.4) is 0 Å². The molecule has 0 fully saturated rings. The van der Waals surface area contributed by atoms with Gasteiger partial charge in [0.15, 0.2) is 0 Å². The van der Waals surface area contributed by atoms with Crippen molar-refractivity contribution in [3.05, 3.63) is 34.5 Å². The number of rotatable bonds is 2. The Bertz CT molecular complexity index is 564. The summed E-state index contributed by atoms with van der Waals surface area (Å²) >= 11 is 6.31. The first kappa shape index (κ1) is 12.2. The Kier molecular flexibility index (Phi) is 3.25. The smallest absolute Gasteiger partial charge is 0.119 e. The molecule has 17 heavy (non-hydrogen) atoms. The number of methoxy groups -OCH3 is 1. The van der Waals surface area contributed by atoms with Crippen LogP contribution >= 0.6 is 11.6 Å². The van der Waals surface area contributed by atoms with E-state index in [-0.39, 0.29) is 0 Å². The number of pyridine rings is 1. The second kappa shape index (κ2) is 4.53. The SMILES string of the molecule is COc1cc(C)c2nc(C(C)C)cc(Cl)c2c1. The van der Waals surface area contributed by atoms with Crippen molar-refractivity contribution < 1.29 is 4.74 Å². The Labute approximate surface area is 107 Å². The van der Waals surface area contributed by atoms with Crippen molar-refractivity contribution in [2.24, 2.45) is 0 Å². The first-order chi connectivity index (χ1) is 8.02. The van der Waals surface area contributed by atoms with Gasteiger partial charge in [0.1, 0.15) is 5.75 Å². The molecule has 0 aliphatic rings. The summed E-state index contributed by atoms with van der Waals surface area (Å²) in [6.07, 6.45) is 0. The van der Waals surface area contributed by atoms with E-state index in [9.17, 15) is 0 Å². The summed E-state index contributed by atoms with van der Waals surface area (Å²) in [6, 6.07) is 5.85. The van der Waals surface area contributed by atoms with Crippen molar-refractivity contribution in [1.82, 2.24) is 4.98 Å². The fraction of sp³-hybridized carbons (Fsp3) is 0.357. The minimum Gasteiger partial charge on any atom is -0.497 e. The summed E-state index contributed by atoms with van der Waals surface area (Å²) in [5.74, 6) is 1.19. The molecule has 90 valence electrons. The molecule has 0 bridgehead atoms. The maximum absolute atomic E-state index is 6.31. The Hall–Kier alpha value is -1.28. The fourth-order valence-electron chi connectivity index (χ4n) is 1.86. The van der Waals surface area contributed by atoms with E-state index in [4.69, 9.17) is 16.3 Å². The number of aromatic nitrogens is 1. The highest BCUT2D eigenvalue weighted by molar-refractivity contribution is 6.35. The summed E-state index contributed by atoms with van der Waals surface area (Å²) in [5.41, 5.74) is 3.07. The molecular formula is C14H16ClNO. The molecule has 0 radical (unpaired) electrons. The second-order valence-electron chi connectivity index (χ2n) is 4.52. The number of benzene rings is 1. The maximum Gasteiger partial charge on any atom is 0.119 e. The molecule has 1 aromatic heterocycles. The molecule has 0 saturated carbocycles. The number of hydrogen-bond donors (Lipinski definition) is 0. The molecule has 0 N–H and O–H groups in total. The van der Waals surface area contributed by atoms with Crippen LogP contribution in [0.4, 0.5) is 0 Å². The average Bonchev–Trinajstić information content (AvgIpc) is 2.29. The van der Waals surface area contributed by atoms with E-state index in [2.05, 4.69) is 18.8 Å². The first-order valence-electron chi connectivity index (χ1n) is 5.67. The molecule has 2 nitrogen and oxygen atoms in total. The van der Waals surface area contributed by atoms with Gasteiger partial charge in [-0.15, -0.1) is 0 Å². The summed E-state index contributed by atoms with van der Waals surface area (Å²) in [5, 5.41) is 1.69. The van der Waals surface area contributed by atoms with Crippen molar-refractivity contribution in [3.63, 3.8) is 0 Å². The molecule has 3 heteroatoms. The largest absolute Gasteiger partial charge is 0.497 e. The van der Waals surface area contributed by atoms with Crippen molar-refractivity contribution in [3.8, 4) is 5.75 Å². The van der Waals surface area contributed by atoms with Crippen LogP contribution < -0.4 is 4.74 Å². The van der Waals surface area contributed by atoms with Gasteiger partial charge in [0, 0.05) is 11.1 Å². The minimum atomic E-state index is 0.374. The van der Waals surface area contributed by atoms with Gasteiger partial charge in [0.25, 0.3) is 0 Å². The maximum atomic E-state index is 6.31. The zero-order valence-corrected chi connectivity index (χ0v) is 11.3. The van der Waals surface area contributed by atoms with Gasteiger partial charge in [-0.3, -0.25) is 4.98 Å². The summed E-state index contributed by atoms with van der Waals surface area (Å²) < 4.78 is 5.25. The number of aryl methyl sites for hydroxylation is 1. The standard InChI is InChI=1S/C14H16ClNO/c1-8(2)13-7-12(15)11-6-10(17-4)5-9(3)14(11)16-13/h5-8H,1-4H3. The van der Waals surface area contributed by atoms with Crippen LogP contribution in [0.15, 0.2) is 18.2 Å². The van der Waals surface area contributed by atoms with Gasteiger partial charge in [-0.25, -0.2) is 0 Å². The molecule has 0 saturated heterocycles. The summed E-state index contributed by atoms with van der Waals surface area (Å²) in [6.45, 7) is 6.25. The Balaban J connectivity index is 2.76. The topological polar surface area (TPSA) is 22.1 Å². The average molecular weight is 250 g/mol. The van der Waals surface area contributed by atoms with Crippen LogP contribution in [0, 0.1) is 6.92 Å². The molecule has 0 aliphatic heterocycles. The number of nitrogens with zero attached hydrogens (tertiary/aromatic N) is 1. The van der Waals surface area contributed by atoms with Gasteiger partial charge in [-0.1, -0.05) is 25.4 Å². The van der Waals surface area contributed by atoms with Crippen LogP contribution in [-0.4, -0.2) is 12.1 Å². The molecule has 0 amide bonds. The lowest BCUT2D eigenvalue weighted by molar-refractivity contribution is 0.415. The lowest BCUT2D eigenvalue weighted by Crippen LogP contribution is -1.96. The zero-order valence-electron chi connectivity index (χ0n) is 10.5.